The molecule has 5 heteroatoms. The fourth-order valence-corrected chi connectivity index (χ4v) is 3.21. The molecule has 3 nitrogen and oxygen atoms in total. The number of benzene rings is 1. The molecule has 2 unspecified atom stereocenters. The Morgan fingerprint density at radius 2 is 1.95 bits per heavy atom. The average Bonchev–Trinajstić information content (AvgIpc) is 2.48. The van der Waals surface area contributed by atoms with Gasteiger partial charge in [-0.15, -0.1) is 0 Å². The largest absolute Gasteiger partial charge is 0.387 e. The Labute approximate surface area is 137 Å². The number of hydrogen-bond donors (Lipinski definition) is 2. The summed E-state index contributed by atoms with van der Waals surface area (Å²) in [5.41, 5.74) is 0.682. The minimum absolute atomic E-state index is 0.343. The summed E-state index contributed by atoms with van der Waals surface area (Å²) in [7, 11) is 0. The summed E-state index contributed by atoms with van der Waals surface area (Å²) in [6, 6.07) is 5.52. The fourth-order valence-electron chi connectivity index (χ4n) is 2.79. The minimum atomic E-state index is -0.639. The number of piperidine rings is 1. The van der Waals surface area contributed by atoms with Gasteiger partial charge in [0.05, 0.1) is 6.10 Å². The number of nitrogens with one attached hydrogen (secondary N) is 1. The van der Waals surface area contributed by atoms with Crippen molar-refractivity contribution in [2.24, 2.45) is 0 Å². The second-order valence-electron chi connectivity index (χ2n) is 5.85. The lowest BCUT2D eigenvalue weighted by molar-refractivity contribution is 0.159. The fraction of sp³-hybridized carbons (Fsp3) is 0.625. The van der Waals surface area contributed by atoms with Crippen LogP contribution in [0.5, 0.6) is 0 Å². The van der Waals surface area contributed by atoms with Crippen molar-refractivity contribution in [1.29, 1.82) is 0 Å². The lowest BCUT2D eigenvalue weighted by atomic mass is 10.1. The van der Waals surface area contributed by atoms with E-state index in [1.165, 1.54) is 32.4 Å². The van der Waals surface area contributed by atoms with Crippen molar-refractivity contribution in [3.63, 3.8) is 0 Å². The molecule has 2 N–H and O–H groups in total. The third kappa shape index (κ3) is 5.42. The number of rotatable bonds is 6. The quantitative estimate of drug-likeness (QED) is 0.838. The highest BCUT2D eigenvalue weighted by atomic mass is 35.5. The van der Waals surface area contributed by atoms with Crippen LogP contribution < -0.4 is 5.32 Å². The lowest BCUT2D eigenvalue weighted by Crippen LogP contribution is -2.42. The van der Waals surface area contributed by atoms with Gasteiger partial charge in [0.15, 0.2) is 0 Å². The first kappa shape index (κ1) is 17.0. The first-order valence-electron chi connectivity index (χ1n) is 7.65. The van der Waals surface area contributed by atoms with E-state index in [9.17, 15) is 5.11 Å². The van der Waals surface area contributed by atoms with Crippen LogP contribution in [0.4, 0.5) is 0 Å². The standard InChI is InChI=1S/C16H24Cl2N2O/c1-12(11-20-7-3-2-4-8-20)19-10-16(21)14-9-13(17)5-6-15(14)18/h5-6,9,12,16,19,21H,2-4,7-8,10-11H2,1H3. The van der Waals surface area contributed by atoms with Gasteiger partial charge in [-0.2, -0.15) is 0 Å². The number of halogens is 2. The molecule has 21 heavy (non-hydrogen) atoms. The van der Waals surface area contributed by atoms with Gasteiger partial charge in [-0.05, 0) is 51.1 Å². The second-order valence-corrected chi connectivity index (χ2v) is 6.70. The van der Waals surface area contributed by atoms with Gasteiger partial charge < -0.3 is 15.3 Å². The van der Waals surface area contributed by atoms with Gasteiger partial charge in [-0.3, -0.25) is 0 Å². The molecular formula is C16H24Cl2N2O. The van der Waals surface area contributed by atoms with E-state index in [0.717, 1.165) is 6.54 Å². The molecular weight excluding hydrogens is 307 g/mol. The summed E-state index contributed by atoms with van der Waals surface area (Å²) in [4.78, 5) is 2.49. The lowest BCUT2D eigenvalue weighted by Gasteiger charge is -2.29. The molecule has 0 spiro atoms. The molecule has 2 atom stereocenters. The van der Waals surface area contributed by atoms with E-state index in [2.05, 4.69) is 17.1 Å². The van der Waals surface area contributed by atoms with Gasteiger partial charge in [0.2, 0.25) is 0 Å². The van der Waals surface area contributed by atoms with Gasteiger partial charge in [0, 0.05) is 34.7 Å². The molecule has 0 aromatic heterocycles. The summed E-state index contributed by atoms with van der Waals surface area (Å²) >= 11 is 12.1. The van der Waals surface area contributed by atoms with Crippen molar-refractivity contribution >= 4 is 23.2 Å². The molecule has 1 saturated heterocycles. The van der Waals surface area contributed by atoms with Crippen molar-refractivity contribution in [3.05, 3.63) is 33.8 Å². The summed E-state index contributed by atoms with van der Waals surface area (Å²) in [5, 5.41) is 14.8. The molecule has 0 aliphatic carbocycles. The smallest absolute Gasteiger partial charge is 0.0929 e. The summed E-state index contributed by atoms with van der Waals surface area (Å²) < 4.78 is 0. The predicted molar refractivity (Wildman–Crippen MR) is 89.2 cm³/mol. The molecule has 0 radical (unpaired) electrons. The van der Waals surface area contributed by atoms with Crippen LogP contribution in [0, 0.1) is 0 Å². The molecule has 1 aromatic carbocycles. The highest BCUT2D eigenvalue weighted by Gasteiger charge is 2.16. The Bertz CT molecular complexity index is 450. The topological polar surface area (TPSA) is 35.5 Å². The monoisotopic (exact) mass is 330 g/mol. The summed E-state index contributed by atoms with van der Waals surface area (Å²) in [5.74, 6) is 0. The Morgan fingerprint density at radius 3 is 2.67 bits per heavy atom. The van der Waals surface area contributed by atoms with Crippen LogP contribution in [0.2, 0.25) is 10.0 Å². The molecule has 1 aliphatic heterocycles. The Balaban J connectivity index is 1.79. The van der Waals surface area contributed by atoms with E-state index in [1.807, 2.05) is 0 Å². The van der Waals surface area contributed by atoms with Crippen molar-refractivity contribution in [3.8, 4) is 0 Å². The van der Waals surface area contributed by atoms with Crippen LogP contribution in [0.25, 0.3) is 0 Å². The molecule has 1 aromatic rings. The van der Waals surface area contributed by atoms with Crippen molar-refractivity contribution in [2.45, 2.75) is 38.3 Å². The van der Waals surface area contributed by atoms with Gasteiger partial charge in [0.1, 0.15) is 0 Å². The van der Waals surface area contributed by atoms with Gasteiger partial charge >= 0.3 is 0 Å². The molecule has 1 heterocycles. The molecule has 0 bridgehead atoms. The highest BCUT2D eigenvalue weighted by molar-refractivity contribution is 6.33. The van der Waals surface area contributed by atoms with Crippen molar-refractivity contribution < 1.29 is 5.11 Å². The van der Waals surface area contributed by atoms with Crippen LogP contribution in [0.15, 0.2) is 18.2 Å². The van der Waals surface area contributed by atoms with Crippen molar-refractivity contribution in [2.75, 3.05) is 26.2 Å². The van der Waals surface area contributed by atoms with Gasteiger partial charge in [-0.1, -0.05) is 29.6 Å². The van der Waals surface area contributed by atoms with Crippen LogP contribution >= 0.6 is 23.2 Å². The normalized spacial score (nSPS) is 19.4. The number of nitrogens with zero attached hydrogens (tertiary/aromatic N) is 1. The van der Waals surface area contributed by atoms with E-state index in [-0.39, 0.29) is 0 Å². The number of likely N-dealkylation sites (tertiary alicyclic amines) is 1. The Morgan fingerprint density at radius 1 is 1.24 bits per heavy atom. The zero-order chi connectivity index (χ0) is 15.2. The van der Waals surface area contributed by atoms with E-state index < -0.39 is 6.10 Å². The maximum Gasteiger partial charge on any atom is 0.0929 e. The molecule has 0 saturated carbocycles. The van der Waals surface area contributed by atoms with Crippen LogP contribution in [0.3, 0.4) is 0 Å². The minimum Gasteiger partial charge on any atom is -0.387 e. The van der Waals surface area contributed by atoms with Crippen LogP contribution in [-0.4, -0.2) is 42.2 Å². The van der Waals surface area contributed by atoms with E-state index in [0.29, 0.717) is 28.2 Å². The second kappa shape index (κ2) is 8.35. The number of aliphatic hydroxyl groups excluding tert-OH is 1. The molecule has 0 amide bonds. The van der Waals surface area contributed by atoms with E-state index in [1.54, 1.807) is 18.2 Å². The predicted octanol–water partition coefficient (Wildman–Crippen LogP) is 3.49. The van der Waals surface area contributed by atoms with Gasteiger partial charge in [0.25, 0.3) is 0 Å². The van der Waals surface area contributed by atoms with Crippen LogP contribution in [0.1, 0.15) is 37.9 Å². The van der Waals surface area contributed by atoms with E-state index >= 15 is 0 Å². The number of aliphatic hydroxyl groups is 1. The highest BCUT2D eigenvalue weighted by Crippen LogP contribution is 2.26. The maximum absolute atomic E-state index is 10.3. The average molecular weight is 331 g/mol. The SMILES string of the molecule is CC(CN1CCCCC1)NCC(O)c1cc(Cl)ccc1Cl. The Hall–Kier alpha value is -0.320. The van der Waals surface area contributed by atoms with Crippen molar-refractivity contribution in [1.82, 2.24) is 10.2 Å². The third-order valence-electron chi connectivity index (χ3n) is 3.96. The van der Waals surface area contributed by atoms with Crippen LogP contribution in [-0.2, 0) is 0 Å². The van der Waals surface area contributed by atoms with Gasteiger partial charge in [-0.25, -0.2) is 0 Å². The zero-order valence-electron chi connectivity index (χ0n) is 12.5. The first-order valence-corrected chi connectivity index (χ1v) is 8.40. The van der Waals surface area contributed by atoms with E-state index in [4.69, 9.17) is 23.2 Å². The molecule has 118 valence electrons. The zero-order valence-corrected chi connectivity index (χ0v) is 14.0. The Kier molecular flexibility index (Phi) is 6.77. The third-order valence-corrected chi connectivity index (χ3v) is 4.54. The first-order chi connectivity index (χ1) is 10.1. The maximum atomic E-state index is 10.3. The summed E-state index contributed by atoms with van der Waals surface area (Å²) in [6.45, 7) is 6.04. The molecule has 1 aliphatic rings. The molecule has 1 fully saturated rings. The summed E-state index contributed by atoms with van der Waals surface area (Å²) in [6.07, 6.45) is 3.31. The molecule has 2 rings (SSSR count). The number of hydrogen-bond acceptors (Lipinski definition) is 3.